The lowest BCUT2D eigenvalue weighted by Crippen LogP contribution is -2.02. The summed E-state index contributed by atoms with van der Waals surface area (Å²) in [5, 5.41) is 8.89. The maximum Gasteiger partial charge on any atom is 0.352 e. The second kappa shape index (κ2) is 3.57. The van der Waals surface area contributed by atoms with Crippen LogP contribution in [0.15, 0.2) is 36.8 Å². The zero-order valence-electron chi connectivity index (χ0n) is 8.21. The van der Waals surface area contributed by atoms with E-state index >= 15 is 0 Å². The molecule has 2 aromatic heterocycles. The Bertz CT molecular complexity index is 489. The Kier molecular flexibility index (Phi) is 2.25. The molecule has 2 rings (SSSR count). The molecule has 0 amide bonds. The lowest BCUT2D eigenvalue weighted by atomic mass is 10.1. The van der Waals surface area contributed by atoms with Crippen molar-refractivity contribution in [2.24, 2.45) is 7.05 Å². The Hall–Kier alpha value is -2.10. The number of rotatable bonds is 2. The topological polar surface area (TPSA) is 55.1 Å². The van der Waals surface area contributed by atoms with Crippen LogP contribution in [0.1, 0.15) is 10.5 Å². The van der Waals surface area contributed by atoms with Crippen molar-refractivity contribution >= 4 is 5.97 Å². The molecule has 15 heavy (non-hydrogen) atoms. The molecule has 0 saturated carbocycles. The summed E-state index contributed by atoms with van der Waals surface area (Å²) in [5.74, 6) is -0.919. The minimum Gasteiger partial charge on any atom is -0.477 e. The monoisotopic (exact) mass is 202 g/mol. The average Bonchev–Trinajstić information content (AvgIpc) is 2.62. The number of aromatic nitrogens is 2. The van der Waals surface area contributed by atoms with Crippen molar-refractivity contribution in [2.75, 3.05) is 0 Å². The van der Waals surface area contributed by atoms with E-state index in [0.29, 0.717) is 0 Å². The molecule has 2 aromatic rings. The van der Waals surface area contributed by atoms with Crippen LogP contribution in [0.25, 0.3) is 11.1 Å². The molecule has 0 radical (unpaired) electrons. The van der Waals surface area contributed by atoms with Gasteiger partial charge in [-0.25, -0.2) is 4.79 Å². The number of pyridine rings is 1. The molecular weight excluding hydrogens is 192 g/mol. The zero-order chi connectivity index (χ0) is 10.8. The summed E-state index contributed by atoms with van der Waals surface area (Å²) in [5.41, 5.74) is 2.13. The third-order valence-electron chi connectivity index (χ3n) is 2.24. The van der Waals surface area contributed by atoms with Crippen LogP contribution in [-0.2, 0) is 7.05 Å². The smallest absolute Gasteiger partial charge is 0.352 e. The molecule has 0 fully saturated rings. The van der Waals surface area contributed by atoms with Crippen molar-refractivity contribution in [3.63, 3.8) is 0 Å². The van der Waals surface area contributed by atoms with Crippen LogP contribution in [0.5, 0.6) is 0 Å². The van der Waals surface area contributed by atoms with Gasteiger partial charge in [-0.1, -0.05) is 0 Å². The van der Waals surface area contributed by atoms with Crippen molar-refractivity contribution in [3.8, 4) is 11.1 Å². The van der Waals surface area contributed by atoms with Crippen LogP contribution in [0.4, 0.5) is 0 Å². The van der Waals surface area contributed by atoms with Gasteiger partial charge in [0, 0.05) is 31.2 Å². The Morgan fingerprint density at radius 2 is 2.00 bits per heavy atom. The molecule has 0 aliphatic rings. The molecule has 0 aliphatic carbocycles. The number of carboxylic acid groups (broad SMARTS) is 1. The number of aryl methyl sites for hydroxylation is 1. The first-order valence-corrected chi connectivity index (χ1v) is 4.48. The van der Waals surface area contributed by atoms with E-state index in [4.69, 9.17) is 5.11 Å². The molecule has 0 unspecified atom stereocenters. The summed E-state index contributed by atoms with van der Waals surface area (Å²) in [6, 6.07) is 5.35. The van der Waals surface area contributed by atoms with Gasteiger partial charge >= 0.3 is 5.97 Å². The maximum atomic E-state index is 10.8. The van der Waals surface area contributed by atoms with Crippen molar-refractivity contribution < 1.29 is 9.90 Å². The van der Waals surface area contributed by atoms with E-state index < -0.39 is 5.97 Å². The van der Waals surface area contributed by atoms with Crippen molar-refractivity contribution in [2.45, 2.75) is 0 Å². The van der Waals surface area contributed by atoms with Gasteiger partial charge in [-0.3, -0.25) is 4.98 Å². The fraction of sp³-hybridized carbons (Fsp3) is 0.0909. The number of aromatic carboxylic acids is 1. The zero-order valence-corrected chi connectivity index (χ0v) is 8.21. The SMILES string of the molecule is Cn1cc(-c2ccncc2)cc1C(=O)O. The van der Waals surface area contributed by atoms with E-state index in [1.807, 2.05) is 12.1 Å². The lowest BCUT2D eigenvalue weighted by Gasteiger charge is -1.94. The first-order valence-electron chi connectivity index (χ1n) is 4.48. The number of nitrogens with zero attached hydrogens (tertiary/aromatic N) is 2. The van der Waals surface area contributed by atoms with Gasteiger partial charge in [-0.15, -0.1) is 0 Å². The minimum absolute atomic E-state index is 0.279. The Morgan fingerprint density at radius 1 is 1.33 bits per heavy atom. The van der Waals surface area contributed by atoms with Crippen molar-refractivity contribution in [1.29, 1.82) is 0 Å². The first-order chi connectivity index (χ1) is 7.18. The highest BCUT2D eigenvalue weighted by Gasteiger charge is 2.10. The van der Waals surface area contributed by atoms with Gasteiger partial charge in [-0.05, 0) is 23.8 Å². The van der Waals surface area contributed by atoms with E-state index in [1.165, 1.54) is 0 Å². The molecule has 4 heteroatoms. The quantitative estimate of drug-likeness (QED) is 0.807. The summed E-state index contributed by atoms with van der Waals surface area (Å²) < 4.78 is 1.60. The molecule has 0 bridgehead atoms. The second-order valence-electron chi connectivity index (χ2n) is 3.27. The van der Waals surface area contributed by atoms with Gasteiger partial charge < -0.3 is 9.67 Å². The van der Waals surface area contributed by atoms with Crippen LogP contribution in [-0.4, -0.2) is 20.6 Å². The number of carbonyl (C=O) groups is 1. The Labute approximate surface area is 86.8 Å². The molecule has 1 N–H and O–H groups in total. The van der Waals surface area contributed by atoms with Crippen molar-refractivity contribution in [1.82, 2.24) is 9.55 Å². The van der Waals surface area contributed by atoms with E-state index in [2.05, 4.69) is 4.98 Å². The third kappa shape index (κ3) is 1.74. The summed E-state index contributed by atoms with van der Waals surface area (Å²) in [6.07, 6.45) is 5.16. The van der Waals surface area contributed by atoms with Gasteiger partial charge in [0.05, 0.1) is 0 Å². The predicted molar refractivity (Wildman–Crippen MR) is 55.6 cm³/mol. The Balaban J connectivity index is 2.48. The largest absolute Gasteiger partial charge is 0.477 e. The van der Waals surface area contributed by atoms with Gasteiger partial charge in [0.25, 0.3) is 0 Å². The molecule has 0 aliphatic heterocycles. The first kappa shape index (κ1) is 9.45. The standard InChI is InChI=1S/C11H10N2O2/c1-13-7-9(6-10(13)11(14)15)8-2-4-12-5-3-8/h2-7H,1H3,(H,14,15). The predicted octanol–water partition coefficient (Wildman–Crippen LogP) is 1.79. The fourth-order valence-corrected chi connectivity index (χ4v) is 1.48. The Morgan fingerprint density at radius 3 is 2.53 bits per heavy atom. The lowest BCUT2D eigenvalue weighted by molar-refractivity contribution is 0.0686. The number of carboxylic acids is 1. The van der Waals surface area contributed by atoms with Gasteiger partial charge in [-0.2, -0.15) is 0 Å². The molecule has 0 spiro atoms. The van der Waals surface area contributed by atoms with E-state index in [-0.39, 0.29) is 5.69 Å². The highest BCUT2D eigenvalue weighted by molar-refractivity contribution is 5.88. The van der Waals surface area contributed by atoms with Crippen LogP contribution in [0.2, 0.25) is 0 Å². The highest BCUT2D eigenvalue weighted by atomic mass is 16.4. The molecule has 0 aromatic carbocycles. The number of hydrogen-bond donors (Lipinski definition) is 1. The summed E-state index contributed by atoms with van der Waals surface area (Å²) in [6.45, 7) is 0. The summed E-state index contributed by atoms with van der Waals surface area (Å²) >= 11 is 0. The van der Waals surface area contributed by atoms with Crippen LogP contribution < -0.4 is 0 Å². The molecule has 2 heterocycles. The van der Waals surface area contributed by atoms with Gasteiger partial charge in [0.1, 0.15) is 5.69 Å². The third-order valence-corrected chi connectivity index (χ3v) is 2.24. The maximum absolute atomic E-state index is 10.8. The van der Waals surface area contributed by atoms with Crippen LogP contribution in [0, 0.1) is 0 Å². The molecule has 4 nitrogen and oxygen atoms in total. The van der Waals surface area contributed by atoms with Crippen molar-refractivity contribution in [3.05, 3.63) is 42.5 Å². The number of hydrogen-bond acceptors (Lipinski definition) is 2. The highest BCUT2D eigenvalue weighted by Crippen LogP contribution is 2.20. The summed E-state index contributed by atoms with van der Waals surface area (Å²) in [7, 11) is 1.72. The van der Waals surface area contributed by atoms with E-state index in [9.17, 15) is 4.79 Å². The van der Waals surface area contributed by atoms with Crippen LogP contribution >= 0.6 is 0 Å². The van der Waals surface area contributed by atoms with Crippen LogP contribution in [0.3, 0.4) is 0 Å². The fourth-order valence-electron chi connectivity index (χ4n) is 1.48. The van der Waals surface area contributed by atoms with Gasteiger partial charge in [0.2, 0.25) is 0 Å². The second-order valence-corrected chi connectivity index (χ2v) is 3.27. The average molecular weight is 202 g/mol. The molecule has 76 valence electrons. The van der Waals surface area contributed by atoms with E-state index in [1.54, 1.807) is 36.3 Å². The van der Waals surface area contributed by atoms with Gasteiger partial charge in [0.15, 0.2) is 0 Å². The molecule has 0 saturated heterocycles. The summed E-state index contributed by atoms with van der Waals surface area (Å²) in [4.78, 5) is 14.7. The normalized spacial score (nSPS) is 10.2. The molecular formula is C11H10N2O2. The minimum atomic E-state index is -0.919. The van der Waals surface area contributed by atoms with E-state index in [0.717, 1.165) is 11.1 Å². The molecule has 0 atom stereocenters.